The van der Waals surface area contributed by atoms with Crippen molar-refractivity contribution in [2.24, 2.45) is 11.5 Å². The van der Waals surface area contributed by atoms with Crippen LogP contribution in [0, 0.1) is 0 Å². The van der Waals surface area contributed by atoms with E-state index in [2.05, 4.69) is 21.4 Å². The van der Waals surface area contributed by atoms with E-state index in [9.17, 15) is 4.79 Å². The molecule has 1 saturated carbocycles. The van der Waals surface area contributed by atoms with Gasteiger partial charge in [0, 0.05) is 11.3 Å². The highest BCUT2D eigenvalue weighted by molar-refractivity contribution is 14.0. The lowest BCUT2D eigenvalue weighted by molar-refractivity contribution is -0.117. The van der Waals surface area contributed by atoms with Gasteiger partial charge >= 0.3 is 0 Å². The maximum Gasteiger partial charge on any atom is 0.225 e. The lowest BCUT2D eigenvalue weighted by atomic mass is 9.98. The summed E-state index contributed by atoms with van der Waals surface area (Å²) < 4.78 is 6.21. The van der Waals surface area contributed by atoms with Crippen molar-refractivity contribution < 1.29 is 9.53 Å². The molecule has 152 valence electrons. The van der Waals surface area contributed by atoms with Crippen LogP contribution in [0.5, 0.6) is 5.88 Å². The van der Waals surface area contributed by atoms with E-state index >= 15 is 0 Å². The molecule has 2 aliphatic rings. The van der Waals surface area contributed by atoms with Crippen LogP contribution in [0.15, 0.2) is 6.33 Å². The lowest BCUT2D eigenvalue weighted by Gasteiger charge is -2.22. The number of nitrogens with zero attached hydrogens (tertiary/aromatic N) is 2. The highest BCUT2D eigenvalue weighted by Gasteiger charge is 2.23. The second-order valence-electron chi connectivity index (χ2n) is 6.41. The minimum Gasteiger partial charge on any atom is -0.474 e. The number of hydrogen-bond acceptors (Lipinski definition) is 6. The fourth-order valence-electron chi connectivity index (χ4n) is 3.33. The molecule has 4 rings (SSSR count). The van der Waals surface area contributed by atoms with E-state index in [-0.39, 0.29) is 29.9 Å². The molecule has 0 spiro atoms. The van der Waals surface area contributed by atoms with Crippen LogP contribution in [0.25, 0.3) is 10.2 Å². The molecule has 1 amide bonds. The second kappa shape index (κ2) is 12.5. The molecule has 6 nitrogen and oxygen atoms in total. The second-order valence-corrected chi connectivity index (χ2v) is 7.50. The summed E-state index contributed by atoms with van der Waals surface area (Å²) in [5, 5.41) is 1.21. The number of carbonyl (C=O) groups excluding carboxylic acids is 1. The van der Waals surface area contributed by atoms with Gasteiger partial charge in [0.15, 0.2) is 0 Å². The number of rotatable bonds is 3. The standard InChI is InChI=1S/C15H18N2OS.C3H7NO.CH5N.HI/c1-2-5-10(6-3-1)18-14-13-11-7-4-8-12(11)19-15(13)17-9-16-14;1-2-3(4)5;1-2;/h9-10H,1-8H2;2H2,1H3,(H2,4,5);2H2,1H3;1H. The number of primary amides is 1. The number of aryl methyl sites for hydroxylation is 2. The summed E-state index contributed by atoms with van der Waals surface area (Å²) in [5.41, 5.74) is 10.6. The molecule has 4 N–H and O–H groups in total. The molecule has 0 unspecified atom stereocenters. The van der Waals surface area contributed by atoms with Gasteiger partial charge in [-0.1, -0.05) is 13.3 Å². The third kappa shape index (κ3) is 6.53. The molecule has 2 aliphatic carbocycles. The fourth-order valence-corrected chi connectivity index (χ4v) is 4.55. The average Bonchev–Trinajstić information content (AvgIpc) is 3.26. The van der Waals surface area contributed by atoms with Gasteiger partial charge in [0.1, 0.15) is 17.3 Å². The maximum atomic E-state index is 9.59. The molecular formula is C19H31IN4O2S. The zero-order valence-corrected chi connectivity index (χ0v) is 19.3. The van der Waals surface area contributed by atoms with Crippen molar-refractivity contribution in [2.75, 3.05) is 7.05 Å². The van der Waals surface area contributed by atoms with Crippen LogP contribution in [-0.2, 0) is 17.6 Å². The fraction of sp³-hybridized carbons (Fsp3) is 0.632. The smallest absolute Gasteiger partial charge is 0.225 e. The van der Waals surface area contributed by atoms with Crippen LogP contribution < -0.4 is 16.2 Å². The van der Waals surface area contributed by atoms with E-state index in [1.807, 2.05) is 11.3 Å². The zero-order valence-electron chi connectivity index (χ0n) is 16.2. The zero-order chi connectivity index (χ0) is 18.9. The molecule has 27 heavy (non-hydrogen) atoms. The molecule has 0 radical (unpaired) electrons. The van der Waals surface area contributed by atoms with Crippen molar-refractivity contribution in [3.63, 3.8) is 0 Å². The van der Waals surface area contributed by atoms with Crippen LogP contribution in [0.2, 0.25) is 0 Å². The summed E-state index contributed by atoms with van der Waals surface area (Å²) in [5.74, 6) is 0.598. The van der Waals surface area contributed by atoms with E-state index in [0.717, 1.165) is 10.7 Å². The van der Waals surface area contributed by atoms with E-state index < -0.39 is 0 Å². The molecule has 0 saturated heterocycles. The number of carbonyl (C=O) groups is 1. The van der Waals surface area contributed by atoms with Gasteiger partial charge in [0.25, 0.3) is 0 Å². The summed E-state index contributed by atoms with van der Waals surface area (Å²) in [7, 11) is 1.50. The van der Waals surface area contributed by atoms with Crippen molar-refractivity contribution in [1.29, 1.82) is 0 Å². The summed E-state index contributed by atoms with van der Waals surface area (Å²) in [6.07, 6.45) is 12.4. The number of thiophene rings is 1. The Labute approximate surface area is 182 Å². The maximum absolute atomic E-state index is 9.59. The van der Waals surface area contributed by atoms with E-state index in [4.69, 9.17) is 4.74 Å². The first kappa shape index (κ1) is 24.0. The van der Waals surface area contributed by atoms with E-state index in [1.54, 1.807) is 13.3 Å². The Balaban J connectivity index is 0.000000401. The molecule has 8 heteroatoms. The van der Waals surface area contributed by atoms with Crippen molar-refractivity contribution >= 4 is 51.4 Å². The van der Waals surface area contributed by atoms with E-state index in [0.29, 0.717) is 12.5 Å². The normalized spacial score (nSPS) is 15.5. The Morgan fingerprint density at radius 1 is 1.19 bits per heavy atom. The molecule has 0 aromatic carbocycles. The number of fused-ring (bicyclic) bond motifs is 3. The van der Waals surface area contributed by atoms with Gasteiger partial charge < -0.3 is 16.2 Å². The van der Waals surface area contributed by atoms with Gasteiger partial charge in [0.2, 0.25) is 11.8 Å². The minimum absolute atomic E-state index is 0. The molecule has 2 aromatic heterocycles. The number of ether oxygens (including phenoxy) is 1. The van der Waals surface area contributed by atoms with Crippen molar-refractivity contribution in [2.45, 2.75) is 70.8 Å². The summed E-state index contributed by atoms with van der Waals surface area (Å²) >= 11 is 1.83. The quantitative estimate of drug-likeness (QED) is 0.614. The first-order valence-corrected chi connectivity index (χ1v) is 10.3. The van der Waals surface area contributed by atoms with Gasteiger partial charge in [-0.05, 0) is 57.6 Å². The molecule has 1 fully saturated rings. The van der Waals surface area contributed by atoms with Crippen molar-refractivity contribution in [1.82, 2.24) is 9.97 Å². The van der Waals surface area contributed by atoms with Gasteiger partial charge in [-0.15, -0.1) is 35.3 Å². The van der Waals surface area contributed by atoms with Crippen molar-refractivity contribution in [3.05, 3.63) is 16.8 Å². The Morgan fingerprint density at radius 2 is 1.85 bits per heavy atom. The first-order valence-electron chi connectivity index (χ1n) is 9.47. The Bertz CT molecular complexity index is 717. The van der Waals surface area contributed by atoms with Crippen LogP contribution in [0.1, 0.15) is 62.3 Å². The monoisotopic (exact) mass is 506 g/mol. The summed E-state index contributed by atoms with van der Waals surface area (Å²) in [6.45, 7) is 1.72. The minimum atomic E-state index is -0.245. The number of nitrogens with two attached hydrogens (primary N) is 2. The average molecular weight is 506 g/mol. The molecule has 2 heterocycles. The highest BCUT2D eigenvalue weighted by Crippen LogP contribution is 2.40. The lowest BCUT2D eigenvalue weighted by Crippen LogP contribution is -2.20. The topological polar surface area (TPSA) is 104 Å². The van der Waals surface area contributed by atoms with Gasteiger partial charge in [-0.2, -0.15) is 0 Å². The number of halogens is 1. The molecule has 0 aliphatic heterocycles. The molecule has 0 bridgehead atoms. The highest BCUT2D eigenvalue weighted by atomic mass is 127. The van der Waals surface area contributed by atoms with Crippen LogP contribution in [-0.4, -0.2) is 29.0 Å². The molecule has 0 atom stereocenters. The number of aromatic nitrogens is 2. The van der Waals surface area contributed by atoms with Crippen LogP contribution >= 0.6 is 35.3 Å². The summed E-state index contributed by atoms with van der Waals surface area (Å²) in [6, 6.07) is 0. The van der Waals surface area contributed by atoms with Gasteiger partial charge in [0.05, 0.1) is 5.39 Å². The molecule has 2 aromatic rings. The Kier molecular flexibility index (Phi) is 11.1. The first-order chi connectivity index (χ1) is 12.7. The number of hydrogen-bond donors (Lipinski definition) is 2. The summed E-state index contributed by atoms with van der Waals surface area (Å²) in [4.78, 5) is 21.1. The SMILES string of the molecule is CCC(N)=O.CN.I.c1nc(OC2CCCCC2)c2c3c(sc2n1)CCC3. The van der Waals surface area contributed by atoms with Crippen LogP contribution in [0.4, 0.5) is 0 Å². The third-order valence-corrected chi connectivity index (χ3v) is 5.85. The largest absolute Gasteiger partial charge is 0.474 e. The predicted octanol–water partition coefficient (Wildman–Crippen LogP) is 3.97. The van der Waals surface area contributed by atoms with Crippen molar-refractivity contribution in [3.8, 4) is 5.88 Å². The predicted molar refractivity (Wildman–Crippen MR) is 122 cm³/mol. The Hall–Kier alpha value is -1.00. The third-order valence-electron chi connectivity index (χ3n) is 4.65. The number of amides is 1. The van der Waals surface area contributed by atoms with E-state index in [1.165, 1.54) is 74.2 Å². The van der Waals surface area contributed by atoms with Gasteiger partial charge in [-0.25, -0.2) is 9.97 Å². The van der Waals surface area contributed by atoms with Crippen LogP contribution in [0.3, 0.4) is 0 Å². The Morgan fingerprint density at radius 3 is 2.48 bits per heavy atom. The van der Waals surface area contributed by atoms with Gasteiger partial charge in [-0.3, -0.25) is 4.79 Å². The molecular weight excluding hydrogens is 475 g/mol.